The monoisotopic (exact) mass is 273 g/mol. The molecule has 1 heterocycles. The Hall–Kier alpha value is -0.860. The molecule has 1 N–H and O–H groups in total. The van der Waals surface area contributed by atoms with Crippen molar-refractivity contribution in [1.82, 2.24) is 5.32 Å². The van der Waals surface area contributed by atoms with Crippen LogP contribution in [0.2, 0.25) is 0 Å². The number of hydrogen-bond donors (Lipinski definition) is 1. The first kappa shape index (κ1) is 14.1. The van der Waals surface area contributed by atoms with Crippen molar-refractivity contribution in [3.05, 3.63) is 35.4 Å². The molecule has 2 unspecified atom stereocenters. The van der Waals surface area contributed by atoms with Gasteiger partial charge < -0.3 is 10.1 Å². The van der Waals surface area contributed by atoms with Gasteiger partial charge in [-0.05, 0) is 49.3 Å². The predicted octanol–water partition coefficient (Wildman–Crippen LogP) is 3.86. The fourth-order valence-electron chi connectivity index (χ4n) is 3.30. The van der Waals surface area contributed by atoms with Crippen LogP contribution in [0.15, 0.2) is 24.3 Å². The fraction of sp³-hybridized carbons (Fsp3) is 0.667. The van der Waals surface area contributed by atoms with Crippen LogP contribution in [-0.4, -0.2) is 19.2 Å². The van der Waals surface area contributed by atoms with Gasteiger partial charge in [0.25, 0.3) is 0 Å². The normalized spacial score (nSPS) is 23.4. The molecular formula is C18H27NO. The van der Waals surface area contributed by atoms with E-state index < -0.39 is 0 Å². The highest BCUT2D eigenvalue weighted by atomic mass is 16.5. The molecule has 1 aromatic rings. The van der Waals surface area contributed by atoms with Crippen LogP contribution >= 0.6 is 0 Å². The van der Waals surface area contributed by atoms with E-state index in [1.807, 2.05) is 0 Å². The largest absolute Gasteiger partial charge is 0.373 e. The molecule has 0 bridgehead atoms. The van der Waals surface area contributed by atoms with E-state index >= 15 is 0 Å². The summed E-state index contributed by atoms with van der Waals surface area (Å²) in [6, 6.07) is 9.44. The van der Waals surface area contributed by atoms with Crippen LogP contribution in [-0.2, 0) is 11.2 Å². The molecule has 2 aliphatic rings. The van der Waals surface area contributed by atoms with E-state index in [1.165, 1.54) is 36.8 Å². The van der Waals surface area contributed by atoms with Crippen molar-refractivity contribution >= 4 is 0 Å². The minimum absolute atomic E-state index is 0.299. The molecule has 0 amide bonds. The van der Waals surface area contributed by atoms with Crippen LogP contribution in [0.4, 0.5) is 0 Å². The lowest BCUT2D eigenvalue weighted by molar-refractivity contribution is 0.0284. The van der Waals surface area contributed by atoms with Crippen molar-refractivity contribution in [2.24, 2.45) is 5.92 Å². The zero-order valence-electron chi connectivity index (χ0n) is 12.6. The van der Waals surface area contributed by atoms with E-state index in [-0.39, 0.29) is 0 Å². The second-order valence-electron chi connectivity index (χ2n) is 6.37. The highest BCUT2D eigenvalue weighted by Crippen LogP contribution is 2.37. The van der Waals surface area contributed by atoms with Gasteiger partial charge in [-0.3, -0.25) is 0 Å². The summed E-state index contributed by atoms with van der Waals surface area (Å²) in [6.07, 6.45) is 7.92. The van der Waals surface area contributed by atoms with Crippen molar-refractivity contribution in [3.63, 3.8) is 0 Å². The molecule has 2 heteroatoms. The van der Waals surface area contributed by atoms with Crippen LogP contribution < -0.4 is 5.32 Å². The maximum atomic E-state index is 6.08. The van der Waals surface area contributed by atoms with Gasteiger partial charge in [0.1, 0.15) is 0 Å². The Morgan fingerprint density at radius 1 is 1.25 bits per heavy atom. The summed E-state index contributed by atoms with van der Waals surface area (Å²) >= 11 is 0. The summed E-state index contributed by atoms with van der Waals surface area (Å²) in [4.78, 5) is 0. The minimum atomic E-state index is 0.299. The number of fused-ring (bicyclic) bond motifs is 1. The quantitative estimate of drug-likeness (QED) is 0.814. The number of benzene rings is 1. The summed E-state index contributed by atoms with van der Waals surface area (Å²) < 4.78 is 6.08. The molecule has 0 aromatic heterocycles. The van der Waals surface area contributed by atoms with E-state index in [0.29, 0.717) is 12.1 Å². The fourth-order valence-corrected chi connectivity index (χ4v) is 3.30. The predicted molar refractivity (Wildman–Crippen MR) is 82.9 cm³/mol. The molecule has 20 heavy (non-hydrogen) atoms. The molecule has 3 rings (SSSR count). The van der Waals surface area contributed by atoms with E-state index in [9.17, 15) is 0 Å². The summed E-state index contributed by atoms with van der Waals surface area (Å²) in [5.74, 6) is 0.975. The Labute approximate surface area is 122 Å². The highest BCUT2D eigenvalue weighted by molar-refractivity contribution is 5.31. The van der Waals surface area contributed by atoms with Gasteiger partial charge in [-0.1, -0.05) is 44.0 Å². The van der Waals surface area contributed by atoms with Gasteiger partial charge in [-0.2, -0.15) is 0 Å². The van der Waals surface area contributed by atoms with Crippen LogP contribution in [0.3, 0.4) is 0 Å². The smallest absolute Gasteiger partial charge is 0.0842 e. The SMILES string of the molecule is CCCNC(CC1CC1)CC1OCCc2ccccc21. The van der Waals surface area contributed by atoms with Crippen molar-refractivity contribution in [2.45, 2.75) is 57.6 Å². The molecule has 1 fully saturated rings. The summed E-state index contributed by atoms with van der Waals surface area (Å²) in [5.41, 5.74) is 2.92. The Bertz CT molecular complexity index is 427. The average Bonchev–Trinajstić information content (AvgIpc) is 3.29. The maximum absolute atomic E-state index is 6.08. The van der Waals surface area contributed by atoms with Gasteiger partial charge in [0.2, 0.25) is 0 Å². The molecule has 0 radical (unpaired) electrons. The molecule has 2 nitrogen and oxygen atoms in total. The first-order valence-electron chi connectivity index (χ1n) is 8.29. The Morgan fingerprint density at radius 3 is 2.90 bits per heavy atom. The molecule has 1 saturated carbocycles. The van der Waals surface area contributed by atoms with Gasteiger partial charge in [0.05, 0.1) is 12.7 Å². The second-order valence-corrected chi connectivity index (χ2v) is 6.37. The van der Waals surface area contributed by atoms with E-state index in [0.717, 1.165) is 31.9 Å². The van der Waals surface area contributed by atoms with E-state index in [1.54, 1.807) is 0 Å². The number of nitrogens with one attached hydrogen (secondary N) is 1. The lowest BCUT2D eigenvalue weighted by atomic mass is 9.92. The maximum Gasteiger partial charge on any atom is 0.0842 e. The first-order valence-corrected chi connectivity index (χ1v) is 8.29. The van der Waals surface area contributed by atoms with Crippen LogP contribution in [0.5, 0.6) is 0 Å². The number of rotatable bonds is 7. The summed E-state index contributed by atoms with van der Waals surface area (Å²) in [7, 11) is 0. The zero-order valence-corrected chi connectivity index (χ0v) is 12.6. The number of ether oxygens (including phenoxy) is 1. The highest BCUT2D eigenvalue weighted by Gasteiger charge is 2.29. The lowest BCUT2D eigenvalue weighted by Crippen LogP contribution is -2.33. The van der Waals surface area contributed by atoms with Gasteiger partial charge in [0.15, 0.2) is 0 Å². The molecule has 1 aliphatic heterocycles. The topological polar surface area (TPSA) is 21.3 Å². The Kier molecular flexibility index (Phi) is 4.74. The van der Waals surface area contributed by atoms with Crippen molar-refractivity contribution in [3.8, 4) is 0 Å². The third-order valence-electron chi connectivity index (χ3n) is 4.59. The van der Waals surface area contributed by atoms with Gasteiger partial charge in [-0.25, -0.2) is 0 Å². The average molecular weight is 273 g/mol. The second kappa shape index (κ2) is 6.73. The summed E-state index contributed by atoms with van der Waals surface area (Å²) in [5, 5.41) is 3.74. The summed E-state index contributed by atoms with van der Waals surface area (Å²) in [6.45, 7) is 4.25. The third-order valence-corrected chi connectivity index (χ3v) is 4.59. The van der Waals surface area contributed by atoms with E-state index in [4.69, 9.17) is 4.74 Å². The Morgan fingerprint density at radius 2 is 2.10 bits per heavy atom. The van der Waals surface area contributed by atoms with Gasteiger partial charge in [-0.15, -0.1) is 0 Å². The van der Waals surface area contributed by atoms with Crippen molar-refractivity contribution < 1.29 is 4.74 Å². The Balaban J connectivity index is 1.65. The number of hydrogen-bond acceptors (Lipinski definition) is 2. The zero-order chi connectivity index (χ0) is 13.8. The molecule has 2 atom stereocenters. The molecule has 0 saturated heterocycles. The molecular weight excluding hydrogens is 246 g/mol. The molecule has 1 aliphatic carbocycles. The van der Waals surface area contributed by atoms with Crippen molar-refractivity contribution in [2.75, 3.05) is 13.2 Å². The molecule has 0 spiro atoms. The molecule has 1 aromatic carbocycles. The van der Waals surface area contributed by atoms with Crippen LogP contribution in [0.25, 0.3) is 0 Å². The standard InChI is InChI=1S/C18H27NO/c1-2-10-19-16(12-14-7-8-14)13-18-17-6-4-3-5-15(17)9-11-20-18/h3-6,14,16,18-19H,2,7-13H2,1H3. The minimum Gasteiger partial charge on any atom is -0.373 e. The molecule has 110 valence electrons. The van der Waals surface area contributed by atoms with Crippen LogP contribution in [0.1, 0.15) is 56.3 Å². The lowest BCUT2D eigenvalue weighted by Gasteiger charge is -2.30. The third kappa shape index (κ3) is 3.62. The van der Waals surface area contributed by atoms with E-state index in [2.05, 4.69) is 36.5 Å². The van der Waals surface area contributed by atoms with Crippen molar-refractivity contribution in [1.29, 1.82) is 0 Å². The van der Waals surface area contributed by atoms with Crippen LogP contribution in [0, 0.1) is 5.92 Å². The first-order chi connectivity index (χ1) is 9.86. The van der Waals surface area contributed by atoms with Gasteiger partial charge >= 0.3 is 0 Å². The van der Waals surface area contributed by atoms with Gasteiger partial charge in [0, 0.05) is 6.04 Å².